The average molecular weight is 1680 g/mol. The zero-order valence-corrected chi connectivity index (χ0v) is 63.1. The van der Waals surface area contributed by atoms with Crippen LogP contribution in [0.15, 0.2) is 158 Å². The fourth-order valence-corrected chi connectivity index (χ4v) is 12.8. The number of carbonyl (C=O) groups excluding carboxylic acids is 4. The number of hydrogen-bond donors (Lipinski definition) is 18. The van der Waals surface area contributed by atoms with Gasteiger partial charge in [-0.1, -0.05) is 0 Å². The number of amides is 2. The Hall–Kier alpha value is -15.3. The molecule has 38 heteroatoms. The molecule has 0 saturated heterocycles. The lowest BCUT2D eigenvalue weighted by atomic mass is 9.74. The summed E-state index contributed by atoms with van der Waals surface area (Å²) in [5.74, 6) is -18.3. The van der Waals surface area contributed by atoms with Crippen molar-refractivity contribution in [1.82, 2.24) is 10.6 Å². The van der Waals surface area contributed by atoms with Crippen molar-refractivity contribution < 1.29 is 156 Å². The summed E-state index contributed by atoms with van der Waals surface area (Å²) in [6.07, 6.45) is -2.23. The highest BCUT2D eigenvalue weighted by Crippen LogP contribution is 2.44. The number of phenolic OH excluding ortho intramolecular Hbond substituents is 16. The van der Waals surface area contributed by atoms with Gasteiger partial charge in [0.25, 0.3) is 11.8 Å². The van der Waals surface area contributed by atoms with Crippen LogP contribution in [0.4, 0.5) is 0 Å². The van der Waals surface area contributed by atoms with E-state index in [1.165, 1.54) is 24.3 Å². The Morgan fingerprint density at radius 1 is 0.281 bits per heavy atom. The maximum Gasteiger partial charge on any atom is 0.251 e. The molecular formula is C83H74N2O36. The number of benzene rings is 8. The van der Waals surface area contributed by atoms with E-state index in [2.05, 4.69) is 10.6 Å². The molecule has 18 N–H and O–H groups in total. The maximum atomic E-state index is 15.2. The maximum absolute atomic E-state index is 15.2. The number of ketones is 2. The Kier molecular flexibility index (Phi) is 26.0. The number of Topliss-reactive ketones (excluding diaryl/α,β-unsaturated/α-hetero) is 2. The third kappa shape index (κ3) is 18.5. The Balaban J connectivity index is 0.774. The number of hydrogen-bond acceptors (Lipinski definition) is 36. The van der Waals surface area contributed by atoms with E-state index < -0.39 is 266 Å². The van der Waals surface area contributed by atoms with Crippen molar-refractivity contribution in [2.75, 3.05) is 92.4 Å². The summed E-state index contributed by atoms with van der Waals surface area (Å²) in [5.41, 5.74) is -8.31. The van der Waals surface area contributed by atoms with E-state index in [0.717, 1.165) is 97.1 Å². The summed E-state index contributed by atoms with van der Waals surface area (Å²) >= 11 is 0. The zero-order chi connectivity index (χ0) is 86.7. The molecule has 12 rings (SSSR count). The normalized spacial score (nSPS) is 11.5. The number of fused-ring (bicyclic) bond motifs is 4. The standard InChI is InChI=1S/C83H74N2O36/c86-43-31-55(98)65-59(35-43)118-73(39-5-9-47(90)51(94)27-39)77(69(65)104)114-23-19-110-15-1-3-63(102)83(64(103)4-2-16-111-20-24-115-78-70(105)66-56(99)32-44(87)36-60(66)119-74(78)40-6-10-48(91)52(95)28-40,81(108)84-13-17-112-21-25-116-79-71(106)67-57(100)33-45(88)37-61(67)120-75(79)41-7-11-49(92)53(96)29-41)82(109)85-14-18-113-22-26-117-80-72(107)68-58(101)34-46(89)38-62(68)121-76(80)42-8-12-50(93)54(97)30-42/h5-12,27-38,86-101H,1-4,13-26H2,(H,84,108)(H,85,109). The summed E-state index contributed by atoms with van der Waals surface area (Å²) < 4.78 is 69.8. The van der Waals surface area contributed by atoms with Gasteiger partial charge in [0.2, 0.25) is 50.1 Å². The molecule has 12 aromatic rings. The lowest BCUT2D eigenvalue weighted by Gasteiger charge is -2.29. The average Bonchev–Trinajstić information content (AvgIpc) is 0.779. The van der Waals surface area contributed by atoms with Crippen molar-refractivity contribution in [2.24, 2.45) is 5.41 Å². The second-order valence-corrected chi connectivity index (χ2v) is 26.7. The molecule has 0 fully saturated rings. The molecule has 0 aliphatic carbocycles. The molecule has 0 atom stereocenters. The van der Waals surface area contributed by atoms with Gasteiger partial charge in [0.1, 0.15) is 116 Å². The van der Waals surface area contributed by atoms with Crippen molar-refractivity contribution in [3.63, 3.8) is 0 Å². The molecule has 0 saturated carbocycles. The van der Waals surface area contributed by atoms with E-state index in [4.69, 9.17) is 55.6 Å². The Morgan fingerprint density at radius 3 is 0.760 bits per heavy atom. The molecule has 4 aromatic heterocycles. The number of carbonyl (C=O) groups is 4. The molecule has 0 aliphatic heterocycles. The van der Waals surface area contributed by atoms with Crippen molar-refractivity contribution in [1.29, 1.82) is 0 Å². The highest BCUT2D eigenvalue weighted by Gasteiger charge is 2.57. The van der Waals surface area contributed by atoms with Gasteiger partial charge in [-0.3, -0.25) is 38.4 Å². The van der Waals surface area contributed by atoms with Gasteiger partial charge in [0.15, 0.2) is 80.6 Å². The second-order valence-electron chi connectivity index (χ2n) is 26.7. The van der Waals surface area contributed by atoms with Crippen LogP contribution in [-0.4, -0.2) is 197 Å². The van der Waals surface area contributed by atoms with Crippen LogP contribution < -0.4 is 51.3 Å². The first-order chi connectivity index (χ1) is 57.9. The molecule has 2 amide bonds. The van der Waals surface area contributed by atoms with Gasteiger partial charge in [-0.2, -0.15) is 0 Å². The van der Waals surface area contributed by atoms with E-state index in [1.54, 1.807) is 0 Å². The van der Waals surface area contributed by atoms with Crippen LogP contribution in [-0.2, 0) is 38.1 Å². The monoisotopic (exact) mass is 1670 g/mol. The largest absolute Gasteiger partial charge is 0.508 e. The Bertz CT molecular complexity index is 5510. The first kappa shape index (κ1) is 85.1. The quantitative estimate of drug-likeness (QED) is 0.0100. The predicted molar refractivity (Wildman–Crippen MR) is 421 cm³/mol. The summed E-state index contributed by atoms with van der Waals surface area (Å²) in [6, 6.07) is 21.2. The van der Waals surface area contributed by atoms with E-state index in [9.17, 15) is 101 Å². The molecular weight excluding hydrogens is 1600 g/mol. The van der Waals surface area contributed by atoms with Crippen molar-refractivity contribution in [2.45, 2.75) is 25.7 Å². The van der Waals surface area contributed by atoms with Crippen LogP contribution in [0.1, 0.15) is 25.7 Å². The van der Waals surface area contributed by atoms with Gasteiger partial charge in [-0.15, -0.1) is 0 Å². The predicted octanol–water partition coefficient (Wildman–Crippen LogP) is 7.67. The molecule has 632 valence electrons. The minimum absolute atomic E-state index is 0.00334. The zero-order valence-electron chi connectivity index (χ0n) is 63.1. The molecule has 0 radical (unpaired) electrons. The lowest BCUT2D eigenvalue weighted by molar-refractivity contribution is -0.157. The van der Waals surface area contributed by atoms with Crippen LogP contribution in [0, 0.1) is 5.41 Å². The fourth-order valence-electron chi connectivity index (χ4n) is 12.8. The molecule has 38 nitrogen and oxygen atoms in total. The van der Waals surface area contributed by atoms with Gasteiger partial charge in [-0.25, -0.2) is 0 Å². The SMILES string of the molecule is O=C(CCCOCCOc1c(-c2ccc(O)c(O)c2)oc2cc(O)cc(O)c2c1=O)C(C(=O)CCCOCCOc1c(-c2ccc(O)c(O)c2)oc2cc(O)cc(O)c2c1=O)(C(=O)NCCOCCOc1c(-c2ccc(O)c(O)c2)oc2cc(O)cc(O)c2c1=O)C(=O)NCCOCCOc1c(-c2ccc(O)c(O)c2)oc2cc(O)cc(O)c2c1=O. The third-order valence-electron chi connectivity index (χ3n) is 18.5. The number of nitrogens with one attached hydrogen (secondary N) is 2. The van der Waals surface area contributed by atoms with Gasteiger partial charge in [0.05, 0.1) is 39.6 Å². The fraction of sp³-hybridized carbons (Fsp3) is 0.229. The van der Waals surface area contributed by atoms with Crippen LogP contribution in [0.2, 0.25) is 0 Å². The van der Waals surface area contributed by atoms with Gasteiger partial charge < -0.3 is 148 Å². The topological polar surface area (TPSA) is 611 Å². The van der Waals surface area contributed by atoms with Crippen LogP contribution >= 0.6 is 0 Å². The summed E-state index contributed by atoms with van der Waals surface area (Å²) in [7, 11) is 0. The molecule has 4 heterocycles. The highest BCUT2D eigenvalue weighted by molar-refractivity contribution is 6.38. The molecule has 0 spiro atoms. The van der Waals surface area contributed by atoms with Gasteiger partial charge >= 0.3 is 0 Å². The molecule has 0 bridgehead atoms. The number of aromatic hydroxyl groups is 16. The Morgan fingerprint density at radius 2 is 0.521 bits per heavy atom. The smallest absolute Gasteiger partial charge is 0.251 e. The molecule has 8 aromatic carbocycles. The second kappa shape index (κ2) is 36.9. The van der Waals surface area contributed by atoms with Crippen LogP contribution in [0.3, 0.4) is 0 Å². The van der Waals surface area contributed by atoms with Crippen molar-refractivity contribution in [3.8, 4) is 160 Å². The first-order valence-electron chi connectivity index (χ1n) is 36.6. The summed E-state index contributed by atoms with van der Waals surface area (Å²) in [4.78, 5) is 116. The van der Waals surface area contributed by atoms with Crippen molar-refractivity contribution >= 4 is 67.3 Å². The first-order valence-corrected chi connectivity index (χ1v) is 36.6. The molecule has 0 aliphatic rings. The van der Waals surface area contributed by atoms with Crippen molar-refractivity contribution in [3.05, 3.63) is 162 Å². The van der Waals surface area contributed by atoms with E-state index >= 15 is 19.2 Å². The molecule has 0 unspecified atom stereocenters. The Labute approximate surface area is 677 Å². The molecule has 121 heavy (non-hydrogen) atoms. The van der Waals surface area contributed by atoms with Gasteiger partial charge in [-0.05, 0) is 85.6 Å². The minimum Gasteiger partial charge on any atom is -0.508 e. The van der Waals surface area contributed by atoms with E-state index in [1.807, 2.05) is 0 Å². The van der Waals surface area contributed by atoms with E-state index in [0.29, 0.717) is 0 Å². The number of phenols is 16. The lowest BCUT2D eigenvalue weighted by Crippen LogP contribution is -2.61. The van der Waals surface area contributed by atoms with Crippen LogP contribution in [0.25, 0.3) is 89.2 Å². The number of rotatable bonds is 38. The third-order valence-corrected chi connectivity index (χ3v) is 18.5. The van der Waals surface area contributed by atoms with E-state index in [-0.39, 0.29) is 107 Å². The number of ether oxygens (including phenoxy) is 8. The van der Waals surface area contributed by atoms with Gasteiger partial charge in [0, 0.05) is 110 Å². The van der Waals surface area contributed by atoms with Crippen LogP contribution in [0.5, 0.6) is 115 Å². The minimum atomic E-state index is -3.30. The summed E-state index contributed by atoms with van der Waals surface area (Å²) in [6.45, 7) is -6.28. The highest BCUT2D eigenvalue weighted by atomic mass is 16.6. The summed E-state index contributed by atoms with van der Waals surface area (Å²) in [5, 5.41) is 168.